The summed E-state index contributed by atoms with van der Waals surface area (Å²) in [6, 6.07) is 17.1. The summed E-state index contributed by atoms with van der Waals surface area (Å²) in [5.74, 6) is 4.69. The van der Waals surface area contributed by atoms with Crippen LogP contribution in [0.1, 0.15) is 21.6 Å². The number of carboxylic acids is 1. The van der Waals surface area contributed by atoms with Gasteiger partial charge in [-0.2, -0.15) is 0 Å². The van der Waals surface area contributed by atoms with Crippen LogP contribution in [0.2, 0.25) is 0 Å². The Bertz CT molecular complexity index is 1410. The number of nitrogens with zero attached hydrogens (tertiary/aromatic N) is 1. The highest BCUT2D eigenvalue weighted by Gasteiger charge is 2.20. The van der Waals surface area contributed by atoms with Gasteiger partial charge >= 0.3 is 5.97 Å². The number of aromatic carboxylic acids is 1. The highest BCUT2D eigenvalue weighted by atomic mass is 32.2. The van der Waals surface area contributed by atoms with Crippen molar-refractivity contribution in [2.75, 3.05) is 4.72 Å². The van der Waals surface area contributed by atoms with Gasteiger partial charge in [0, 0.05) is 32.8 Å². The number of para-hydroxylation sites is 1. The first-order valence-electron chi connectivity index (χ1n) is 8.73. The predicted octanol–water partition coefficient (Wildman–Crippen LogP) is 4.20. The molecule has 2 N–H and O–H groups in total. The highest BCUT2D eigenvalue weighted by molar-refractivity contribution is 7.93. The molecule has 0 aliphatic carbocycles. The lowest BCUT2D eigenvalue weighted by Crippen LogP contribution is -2.13. The largest absolute Gasteiger partial charge is 0.477 e. The van der Waals surface area contributed by atoms with E-state index < -0.39 is 16.0 Å². The van der Waals surface area contributed by atoms with Gasteiger partial charge in [0.15, 0.2) is 0 Å². The lowest BCUT2D eigenvalue weighted by Gasteiger charge is -2.09. The van der Waals surface area contributed by atoms with Gasteiger partial charge in [0.05, 0.1) is 5.69 Å². The minimum Gasteiger partial charge on any atom is -0.477 e. The first-order chi connectivity index (χ1) is 14.4. The van der Waals surface area contributed by atoms with Crippen LogP contribution in [-0.4, -0.2) is 24.5 Å². The quantitative estimate of drug-likeness (QED) is 0.470. The molecule has 0 amide bonds. The van der Waals surface area contributed by atoms with E-state index in [1.54, 1.807) is 47.8 Å². The van der Waals surface area contributed by atoms with Crippen LogP contribution in [0.3, 0.4) is 0 Å². The fraction of sp³-hybridized carbons (Fsp3) is 0. The second-order valence-corrected chi connectivity index (χ2v) is 8.80. The number of hydrogen-bond donors (Lipinski definition) is 2. The summed E-state index contributed by atoms with van der Waals surface area (Å²) in [6.07, 6.45) is 1.36. The molecule has 0 fully saturated rings. The van der Waals surface area contributed by atoms with Crippen LogP contribution < -0.4 is 4.72 Å². The molecule has 0 unspecified atom stereocenters. The van der Waals surface area contributed by atoms with E-state index in [4.69, 9.17) is 5.11 Å². The van der Waals surface area contributed by atoms with Crippen LogP contribution in [0, 0.1) is 11.8 Å². The standard InChI is InChI=1S/C22H14N2O4S2/c25-22(26)19-12-10-15(13-23-19)9-11-16-5-1-3-7-18(16)24-30(27,28)21-14-29-20-8-4-2-6-17(20)21/h1-8,10,12-14,24H,(H,25,26). The molecule has 0 aliphatic heterocycles. The van der Waals surface area contributed by atoms with E-state index in [9.17, 15) is 13.2 Å². The maximum absolute atomic E-state index is 13.0. The Morgan fingerprint density at radius 1 is 1.00 bits per heavy atom. The summed E-state index contributed by atoms with van der Waals surface area (Å²) >= 11 is 1.37. The normalized spacial score (nSPS) is 10.9. The van der Waals surface area contributed by atoms with Crippen molar-refractivity contribution in [3.63, 3.8) is 0 Å². The molecule has 148 valence electrons. The van der Waals surface area contributed by atoms with Crippen LogP contribution in [0.15, 0.2) is 77.1 Å². The first kappa shape index (κ1) is 19.6. The third-order valence-electron chi connectivity index (χ3n) is 4.23. The lowest BCUT2D eigenvalue weighted by molar-refractivity contribution is 0.0690. The number of benzene rings is 2. The monoisotopic (exact) mass is 434 g/mol. The molecule has 0 saturated heterocycles. The Morgan fingerprint density at radius 3 is 2.53 bits per heavy atom. The van der Waals surface area contributed by atoms with Crippen molar-refractivity contribution in [2.45, 2.75) is 4.90 Å². The zero-order valence-electron chi connectivity index (χ0n) is 15.4. The summed E-state index contributed by atoms with van der Waals surface area (Å²) < 4.78 is 29.5. The molecule has 4 aromatic rings. The Labute approximate surface area is 176 Å². The smallest absolute Gasteiger partial charge is 0.354 e. The van der Waals surface area contributed by atoms with Crippen molar-refractivity contribution >= 4 is 43.1 Å². The number of nitrogens with one attached hydrogen (secondary N) is 1. The van der Waals surface area contributed by atoms with Gasteiger partial charge in [-0.3, -0.25) is 4.72 Å². The van der Waals surface area contributed by atoms with Crippen molar-refractivity contribution in [2.24, 2.45) is 0 Å². The van der Waals surface area contributed by atoms with Crippen molar-refractivity contribution < 1.29 is 18.3 Å². The van der Waals surface area contributed by atoms with Gasteiger partial charge in [-0.1, -0.05) is 42.2 Å². The summed E-state index contributed by atoms with van der Waals surface area (Å²) in [4.78, 5) is 14.9. The number of rotatable bonds is 4. The molecular weight excluding hydrogens is 420 g/mol. The molecule has 30 heavy (non-hydrogen) atoms. The van der Waals surface area contributed by atoms with E-state index in [1.165, 1.54) is 23.6 Å². The van der Waals surface area contributed by atoms with Gasteiger partial charge in [-0.15, -0.1) is 11.3 Å². The van der Waals surface area contributed by atoms with E-state index in [1.807, 2.05) is 12.1 Å². The second kappa shape index (κ2) is 7.99. The van der Waals surface area contributed by atoms with Gasteiger partial charge in [-0.25, -0.2) is 18.2 Å². The molecule has 0 bridgehead atoms. The van der Waals surface area contributed by atoms with E-state index in [-0.39, 0.29) is 10.6 Å². The maximum Gasteiger partial charge on any atom is 0.354 e. The molecule has 2 aromatic carbocycles. The van der Waals surface area contributed by atoms with Crippen LogP contribution >= 0.6 is 11.3 Å². The number of hydrogen-bond acceptors (Lipinski definition) is 5. The Hall–Kier alpha value is -3.67. The molecule has 8 heteroatoms. The number of sulfonamides is 1. The molecule has 0 aliphatic rings. The van der Waals surface area contributed by atoms with Gasteiger partial charge in [0.1, 0.15) is 10.6 Å². The SMILES string of the molecule is O=C(O)c1ccc(C#Cc2ccccc2NS(=O)(=O)c2csc3ccccc23)cn1. The van der Waals surface area contributed by atoms with Crippen LogP contribution in [0.4, 0.5) is 5.69 Å². The zero-order valence-corrected chi connectivity index (χ0v) is 17.0. The van der Waals surface area contributed by atoms with E-state index in [0.29, 0.717) is 22.2 Å². The van der Waals surface area contributed by atoms with Crippen LogP contribution in [-0.2, 0) is 10.0 Å². The molecular formula is C22H14N2O4S2. The zero-order chi connectivity index (χ0) is 21.1. The average Bonchev–Trinajstić information content (AvgIpc) is 3.18. The summed E-state index contributed by atoms with van der Waals surface area (Å²) in [7, 11) is -3.80. The molecule has 0 spiro atoms. The summed E-state index contributed by atoms with van der Waals surface area (Å²) in [5, 5.41) is 11.2. The number of anilines is 1. The number of carbonyl (C=O) groups is 1. The van der Waals surface area contributed by atoms with Crippen molar-refractivity contribution in [3.8, 4) is 11.8 Å². The highest BCUT2D eigenvalue weighted by Crippen LogP contribution is 2.30. The minimum atomic E-state index is -3.80. The van der Waals surface area contributed by atoms with E-state index >= 15 is 0 Å². The van der Waals surface area contributed by atoms with Gasteiger partial charge < -0.3 is 5.11 Å². The summed E-state index contributed by atoms with van der Waals surface area (Å²) in [5.41, 5.74) is 1.29. The van der Waals surface area contributed by atoms with E-state index in [2.05, 4.69) is 21.5 Å². The third kappa shape index (κ3) is 4.03. The Balaban J connectivity index is 1.65. The van der Waals surface area contributed by atoms with Gasteiger partial charge in [-0.05, 0) is 30.3 Å². The molecule has 2 aromatic heterocycles. The van der Waals surface area contributed by atoms with Crippen molar-refractivity contribution in [1.82, 2.24) is 4.98 Å². The van der Waals surface area contributed by atoms with Crippen LogP contribution in [0.5, 0.6) is 0 Å². The van der Waals surface area contributed by atoms with Crippen molar-refractivity contribution in [3.05, 3.63) is 89.1 Å². The summed E-state index contributed by atoms with van der Waals surface area (Å²) in [6.45, 7) is 0. The molecule has 6 nitrogen and oxygen atoms in total. The predicted molar refractivity (Wildman–Crippen MR) is 116 cm³/mol. The van der Waals surface area contributed by atoms with Gasteiger partial charge in [0.25, 0.3) is 10.0 Å². The second-order valence-electron chi connectivity index (χ2n) is 6.23. The lowest BCUT2D eigenvalue weighted by atomic mass is 10.1. The Kier molecular flexibility index (Phi) is 5.23. The molecule has 4 rings (SSSR count). The van der Waals surface area contributed by atoms with E-state index in [0.717, 1.165) is 4.70 Å². The number of thiophene rings is 1. The fourth-order valence-corrected chi connectivity index (χ4v) is 5.36. The van der Waals surface area contributed by atoms with Crippen LogP contribution in [0.25, 0.3) is 10.1 Å². The first-order valence-corrected chi connectivity index (χ1v) is 11.1. The topological polar surface area (TPSA) is 96.4 Å². The fourth-order valence-electron chi connectivity index (χ4n) is 2.78. The number of aromatic nitrogens is 1. The molecule has 0 saturated carbocycles. The van der Waals surface area contributed by atoms with Gasteiger partial charge in [0.2, 0.25) is 0 Å². The molecule has 0 atom stereocenters. The number of fused-ring (bicyclic) bond motifs is 1. The number of carboxylic acid groups (broad SMARTS) is 1. The third-order valence-corrected chi connectivity index (χ3v) is 6.75. The maximum atomic E-state index is 13.0. The molecule has 0 radical (unpaired) electrons. The van der Waals surface area contributed by atoms with Crippen molar-refractivity contribution in [1.29, 1.82) is 0 Å². The average molecular weight is 434 g/mol. The molecule has 2 heterocycles. The number of pyridine rings is 1. The Morgan fingerprint density at radius 2 is 1.77 bits per heavy atom. The minimum absolute atomic E-state index is 0.0725.